The number of aromatic nitrogens is 4. The molecular weight excluding hydrogens is 264 g/mol. The van der Waals surface area contributed by atoms with Crippen LogP contribution in [0, 0.1) is 6.92 Å². The first-order valence-electron chi connectivity index (χ1n) is 7.53. The highest BCUT2D eigenvalue weighted by molar-refractivity contribution is 5.58. The summed E-state index contributed by atoms with van der Waals surface area (Å²) in [4.78, 5) is 16.1. The monoisotopic (exact) mass is 286 g/mol. The van der Waals surface area contributed by atoms with Crippen LogP contribution in [-0.4, -0.2) is 33.1 Å². The number of hydrogen-bond donors (Lipinski definition) is 1. The van der Waals surface area contributed by atoms with Crippen molar-refractivity contribution in [2.75, 3.05) is 23.8 Å². The Kier molecular flexibility index (Phi) is 3.77. The number of hydrogen-bond acceptors (Lipinski definition) is 5. The highest BCUT2D eigenvalue weighted by atomic mass is 15.3. The fourth-order valence-corrected chi connectivity index (χ4v) is 2.79. The molecule has 21 heavy (non-hydrogen) atoms. The normalized spacial score (nSPS) is 14.1. The van der Waals surface area contributed by atoms with E-state index in [2.05, 4.69) is 38.6 Å². The lowest BCUT2D eigenvalue weighted by Gasteiger charge is -2.30. The van der Waals surface area contributed by atoms with Crippen LogP contribution >= 0.6 is 0 Å². The zero-order valence-electron chi connectivity index (χ0n) is 12.9. The van der Waals surface area contributed by atoms with E-state index >= 15 is 0 Å². The summed E-state index contributed by atoms with van der Waals surface area (Å²) in [5.74, 6) is 3.98. The van der Waals surface area contributed by atoms with Crippen molar-refractivity contribution in [3.05, 3.63) is 29.6 Å². The highest BCUT2D eigenvalue weighted by Gasteiger charge is 2.21. The van der Waals surface area contributed by atoms with Gasteiger partial charge in [-0.15, -0.1) is 0 Å². The summed E-state index contributed by atoms with van der Waals surface area (Å²) in [7, 11) is 1.91. The predicted octanol–water partition coefficient (Wildman–Crippen LogP) is 2.00. The van der Waals surface area contributed by atoms with Crippen molar-refractivity contribution < 1.29 is 0 Å². The fourth-order valence-electron chi connectivity index (χ4n) is 2.79. The number of anilines is 2. The van der Waals surface area contributed by atoms with Crippen LogP contribution in [-0.2, 0) is 19.5 Å². The summed E-state index contributed by atoms with van der Waals surface area (Å²) in [6, 6.07) is 0. The molecule has 0 spiro atoms. The quantitative estimate of drug-likeness (QED) is 0.931. The second-order valence-corrected chi connectivity index (χ2v) is 5.40. The van der Waals surface area contributed by atoms with E-state index in [0.717, 1.165) is 61.3 Å². The maximum absolute atomic E-state index is 4.79. The molecule has 2 aromatic rings. The molecule has 0 aromatic carbocycles. The molecule has 3 heterocycles. The molecule has 1 N–H and O–H groups in total. The molecule has 6 heteroatoms. The van der Waals surface area contributed by atoms with Crippen LogP contribution < -0.4 is 10.2 Å². The molecule has 0 aliphatic carbocycles. The van der Waals surface area contributed by atoms with Gasteiger partial charge in [-0.25, -0.2) is 15.0 Å². The topological polar surface area (TPSA) is 58.9 Å². The maximum atomic E-state index is 4.79. The Morgan fingerprint density at radius 3 is 2.90 bits per heavy atom. The number of aryl methyl sites for hydroxylation is 1. The van der Waals surface area contributed by atoms with E-state index in [-0.39, 0.29) is 0 Å². The molecule has 1 aliphatic heterocycles. The van der Waals surface area contributed by atoms with Crippen molar-refractivity contribution in [2.24, 2.45) is 0 Å². The van der Waals surface area contributed by atoms with Crippen LogP contribution in [0.4, 0.5) is 11.6 Å². The molecule has 0 saturated heterocycles. The molecule has 0 bridgehead atoms. The summed E-state index contributed by atoms with van der Waals surface area (Å²) in [6.07, 6.45) is 5.87. The first-order valence-corrected chi connectivity index (χ1v) is 7.53. The van der Waals surface area contributed by atoms with E-state index in [1.807, 2.05) is 19.4 Å². The molecule has 0 amide bonds. The van der Waals surface area contributed by atoms with Gasteiger partial charge in [-0.05, 0) is 13.3 Å². The van der Waals surface area contributed by atoms with Gasteiger partial charge < -0.3 is 14.8 Å². The van der Waals surface area contributed by atoms with Crippen LogP contribution in [0.1, 0.15) is 30.6 Å². The molecule has 0 unspecified atom stereocenters. The van der Waals surface area contributed by atoms with Gasteiger partial charge in [0.25, 0.3) is 0 Å². The van der Waals surface area contributed by atoms with Gasteiger partial charge in [0, 0.05) is 44.5 Å². The van der Waals surface area contributed by atoms with Crippen molar-refractivity contribution in [1.82, 2.24) is 19.5 Å². The second kappa shape index (κ2) is 5.71. The Balaban J connectivity index is 1.96. The lowest BCUT2D eigenvalue weighted by Crippen LogP contribution is -2.35. The van der Waals surface area contributed by atoms with Gasteiger partial charge in [0.05, 0.1) is 6.54 Å². The predicted molar refractivity (Wildman–Crippen MR) is 83.6 cm³/mol. The minimum atomic E-state index is 0.805. The van der Waals surface area contributed by atoms with Gasteiger partial charge in [-0.2, -0.15) is 0 Å². The Morgan fingerprint density at radius 2 is 2.14 bits per heavy atom. The van der Waals surface area contributed by atoms with Gasteiger partial charge in [-0.3, -0.25) is 0 Å². The number of nitrogens with zero attached hydrogens (tertiary/aromatic N) is 5. The van der Waals surface area contributed by atoms with Crippen LogP contribution in [0.3, 0.4) is 0 Å². The van der Waals surface area contributed by atoms with E-state index < -0.39 is 0 Å². The fraction of sp³-hybridized carbons (Fsp3) is 0.533. The molecule has 112 valence electrons. The van der Waals surface area contributed by atoms with Gasteiger partial charge >= 0.3 is 0 Å². The Morgan fingerprint density at radius 1 is 1.29 bits per heavy atom. The third kappa shape index (κ3) is 2.57. The number of rotatable bonds is 4. The lowest BCUT2D eigenvalue weighted by molar-refractivity contribution is 0.554. The van der Waals surface area contributed by atoms with Gasteiger partial charge in [-0.1, -0.05) is 6.92 Å². The smallest absolute Gasteiger partial charge is 0.137 e. The van der Waals surface area contributed by atoms with Gasteiger partial charge in [0.1, 0.15) is 23.3 Å². The van der Waals surface area contributed by atoms with Crippen LogP contribution in [0.5, 0.6) is 0 Å². The largest absolute Gasteiger partial charge is 0.373 e. The van der Waals surface area contributed by atoms with E-state index in [0.29, 0.717) is 0 Å². The summed E-state index contributed by atoms with van der Waals surface area (Å²) in [5, 5.41) is 3.19. The van der Waals surface area contributed by atoms with Crippen molar-refractivity contribution in [1.29, 1.82) is 0 Å². The molecule has 3 rings (SSSR count). The van der Waals surface area contributed by atoms with Crippen molar-refractivity contribution >= 4 is 11.6 Å². The maximum Gasteiger partial charge on any atom is 0.137 e. The molecule has 1 aliphatic rings. The Hall–Kier alpha value is -2.11. The first kappa shape index (κ1) is 13.9. The van der Waals surface area contributed by atoms with Crippen molar-refractivity contribution in [3.63, 3.8) is 0 Å². The average Bonchev–Trinajstić information content (AvgIpc) is 2.96. The highest BCUT2D eigenvalue weighted by Crippen LogP contribution is 2.26. The van der Waals surface area contributed by atoms with Gasteiger partial charge in [0.2, 0.25) is 0 Å². The number of nitrogens with one attached hydrogen (secondary N) is 1. The molecule has 0 atom stereocenters. The molecular formula is C15H22N6. The zero-order valence-corrected chi connectivity index (χ0v) is 12.9. The SMILES string of the molecule is CCCc1nc(NC)c(C)c(N2CCn3ccnc3C2)n1. The average molecular weight is 286 g/mol. The van der Waals surface area contributed by atoms with Crippen molar-refractivity contribution in [2.45, 2.75) is 39.8 Å². The molecule has 0 saturated carbocycles. The number of imidazole rings is 1. The number of fused-ring (bicyclic) bond motifs is 1. The zero-order chi connectivity index (χ0) is 14.8. The second-order valence-electron chi connectivity index (χ2n) is 5.40. The minimum absolute atomic E-state index is 0.805. The lowest BCUT2D eigenvalue weighted by atomic mass is 10.2. The summed E-state index contributed by atoms with van der Waals surface area (Å²) < 4.78 is 2.21. The van der Waals surface area contributed by atoms with Crippen LogP contribution in [0.2, 0.25) is 0 Å². The van der Waals surface area contributed by atoms with E-state index in [4.69, 9.17) is 4.98 Å². The van der Waals surface area contributed by atoms with Crippen LogP contribution in [0.25, 0.3) is 0 Å². The summed E-state index contributed by atoms with van der Waals surface area (Å²) in [6.45, 7) is 6.95. The molecule has 0 fully saturated rings. The van der Waals surface area contributed by atoms with Crippen LogP contribution in [0.15, 0.2) is 12.4 Å². The molecule has 2 aromatic heterocycles. The Bertz CT molecular complexity index is 633. The van der Waals surface area contributed by atoms with E-state index in [9.17, 15) is 0 Å². The standard InChI is InChI=1S/C15H22N6/c1-4-5-12-18-14(16-3)11(2)15(19-12)21-9-8-20-7-6-17-13(20)10-21/h6-7H,4-5,8-10H2,1-3H3,(H,16,18,19). The molecule has 0 radical (unpaired) electrons. The van der Waals surface area contributed by atoms with E-state index in [1.165, 1.54) is 0 Å². The molecule has 6 nitrogen and oxygen atoms in total. The van der Waals surface area contributed by atoms with Crippen molar-refractivity contribution in [3.8, 4) is 0 Å². The van der Waals surface area contributed by atoms with E-state index in [1.54, 1.807) is 0 Å². The summed E-state index contributed by atoms with van der Waals surface area (Å²) in [5.41, 5.74) is 1.11. The first-order chi connectivity index (χ1) is 10.2. The van der Waals surface area contributed by atoms with Gasteiger partial charge in [0.15, 0.2) is 0 Å². The Labute approximate surface area is 125 Å². The third-order valence-electron chi connectivity index (χ3n) is 3.92. The summed E-state index contributed by atoms with van der Waals surface area (Å²) >= 11 is 0. The third-order valence-corrected chi connectivity index (χ3v) is 3.92. The minimum Gasteiger partial charge on any atom is -0.373 e.